The number of anilines is 3. The Kier molecular flexibility index (Phi) is 9.15. The number of hydrogen-bond acceptors (Lipinski definition) is 7. The fraction of sp³-hybridized carbons (Fsp3) is 0.200. The zero-order chi connectivity index (χ0) is 26.7. The summed E-state index contributed by atoms with van der Waals surface area (Å²) in [5.74, 6) is 1.06. The lowest BCUT2D eigenvalue weighted by atomic mass is 10.1. The van der Waals surface area contributed by atoms with E-state index in [-0.39, 0.29) is 5.91 Å². The Bertz CT molecular complexity index is 1370. The molecule has 0 aliphatic carbocycles. The molecule has 0 bridgehead atoms. The van der Waals surface area contributed by atoms with Crippen molar-refractivity contribution in [1.82, 2.24) is 19.9 Å². The quantitative estimate of drug-likeness (QED) is 0.202. The first-order chi connectivity index (χ1) is 18.5. The Labute approximate surface area is 223 Å². The average molecular weight is 509 g/mol. The van der Waals surface area contributed by atoms with Gasteiger partial charge in [-0.3, -0.25) is 9.78 Å². The van der Waals surface area contributed by atoms with Gasteiger partial charge in [0.1, 0.15) is 5.75 Å². The van der Waals surface area contributed by atoms with E-state index in [0.717, 1.165) is 46.8 Å². The molecule has 2 N–H and O–H groups in total. The van der Waals surface area contributed by atoms with Gasteiger partial charge >= 0.3 is 0 Å². The maximum absolute atomic E-state index is 12.6. The van der Waals surface area contributed by atoms with Crippen LogP contribution in [0.3, 0.4) is 0 Å². The van der Waals surface area contributed by atoms with Gasteiger partial charge in [0, 0.05) is 48.1 Å². The molecule has 2 aromatic carbocycles. The minimum absolute atomic E-state index is 0.223. The third-order valence-corrected chi connectivity index (χ3v) is 5.69. The predicted molar refractivity (Wildman–Crippen MR) is 152 cm³/mol. The van der Waals surface area contributed by atoms with E-state index >= 15 is 0 Å². The van der Waals surface area contributed by atoms with Crippen LogP contribution in [0.1, 0.15) is 17.5 Å². The number of carbonyl (C=O) groups excluding carboxylic acids is 1. The van der Waals surface area contributed by atoms with Crippen LogP contribution in [0, 0.1) is 6.92 Å². The Hall–Kier alpha value is -4.56. The fourth-order valence-electron chi connectivity index (χ4n) is 3.65. The maximum Gasteiger partial charge on any atom is 0.248 e. The molecule has 38 heavy (non-hydrogen) atoms. The Morgan fingerprint density at radius 2 is 1.89 bits per heavy atom. The number of ether oxygens (including phenoxy) is 1. The van der Waals surface area contributed by atoms with Gasteiger partial charge < -0.3 is 20.3 Å². The van der Waals surface area contributed by atoms with E-state index in [1.807, 2.05) is 81.7 Å². The molecule has 2 heterocycles. The van der Waals surface area contributed by atoms with Gasteiger partial charge in [-0.1, -0.05) is 18.2 Å². The molecule has 0 saturated carbocycles. The van der Waals surface area contributed by atoms with E-state index in [1.54, 1.807) is 24.7 Å². The van der Waals surface area contributed by atoms with Gasteiger partial charge in [-0.05, 0) is 87.1 Å². The number of nitrogens with zero attached hydrogens (tertiary/aromatic N) is 4. The monoisotopic (exact) mass is 508 g/mol. The molecule has 8 nitrogen and oxygen atoms in total. The molecule has 0 aliphatic rings. The summed E-state index contributed by atoms with van der Waals surface area (Å²) >= 11 is 0. The van der Waals surface area contributed by atoms with Gasteiger partial charge in [0.2, 0.25) is 11.9 Å². The highest BCUT2D eigenvalue weighted by molar-refractivity contribution is 6.02. The van der Waals surface area contributed by atoms with Crippen LogP contribution in [-0.2, 0) is 4.79 Å². The van der Waals surface area contributed by atoms with E-state index in [0.29, 0.717) is 18.2 Å². The molecule has 0 unspecified atom stereocenters. The van der Waals surface area contributed by atoms with Gasteiger partial charge in [0.15, 0.2) is 0 Å². The van der Waals surface area contributed by atoms with Crippen LogP contribution in [0.4, 0.5) is 17.3 Å². The summed E-state index contributed by atoms with van der Waals surface area (Å²) < 4.78 is 5.76. The largest absolute Gasteiger partial charge is 0.494 e. The lowest BCUT2D eigenvalue weighted by Gasteiger charge is -2.11. The second-order valence-corrected chi connectivity index (χ2v) is 9.06. The number of aromatic nitrogens is 3. The minimum Gasteiger partial charge on any atom is -0.494 e. The van der Waals surface area contributed by atoms with Crippen LogP contribution >= 0.6 is 0 Å². The van der Waals surface area contributed by atoms with Crippen molar-refractivity contribution in [3.8, 4) is 17.0 Å². The number of aryl methyl sites for hydroxylation is 1. The number of amides is 1. The van der Waals surface area contributed by atoms with Crippen LogP contribution in [0.2, 0.25) is 0 Å². The third-order valence-electron chi connectivity index (χ3n) is 5.69. The molecule has 8 heteroatoms. The normalized spacial score (nSPS) is 11.1. The number of rotatable bonds is 11. The van der Waals surface area contributed by atoms with E-state index in [4.69, 9.17) is 4.74 Å². The third kappa shape index (κ3) is 7.97. The number of pyridine rings is 1. The highest BCUT2D eigenvalue weighted by Gasteiger charge is 2.07. The Morgan fingerprint density at radius 1 is 1.05 bits per heavy atom. The maximum atomic E-state index is 12.6. The number of carbonyl (C=O) groups is 1. The summed E-state index contributed by atoms with van der Waals surface area (Å²) in [4.78, 5) is 27.8. The summed E-state index contributed by atoms with van der Waals surface area (Å²) in [6, 6.07) is 19.0. The summed E-state index contributed by atoms with van der Waals surface area (Å²) in [7, 11) is 4.09. The van der Waals surface area contributed by atoms with E-state index in [2.05, 4.69) is 30.5 Å². The Morgan fingerprint density at radius 3 is 2.66 bits per heavy atom. The molecule has 2 aromatic heterocycles. The lowest BCUT2D eigenvalue weighted by molar-refractivity contribution is -0.111. The molecule has 0 radical (unpaired) electrons. The second-order valence-electron chi connectivity index (χ2n) is 9.06. The standard InChI is InChI=1S/C30H32N6O2/c1-22-7-11-25(20-28(22)35-30-32-17-15-27(34-30)24-6-4-16-31-21-24)33-29(37)14-10-23-8-12-26(13-9-23)38-19-5-18-36(2)3/h4,6-17,20-21H,5,18-19H2,1-3H3,(H,33,37)(H,32,34,35)/b14-10+. The van der Waals surface area contributed by atoms with Gasteiger partial charge in [0.05, 0.1) is 12.3 Å². The highest BCUT2D eigenvalue weighted by atomic mass is 16.5. The topological polar surface area (TPSA) is 92.3 Å². The highest BCUT2D eigenvalue weighted by Crippen LogP contribution is 2.24. The molecule has 1 amide bonds. The minimum atomic E-state index is -0.223. The smallest absolute Gasteiger partial charge is 0.248 e. The second kappa shape index (κ2) is 13.1. The van der Waals surface area contributed by atoms with Crippen molar-refractivity contribution in [2.24, 2.45) is 0 Å². The van der Waals surface area contributed by atoms with Gasteiger partial charge in [0.25, 0.3) is 0 Å². The summed E-state index contributed by atoms with van der Waals surface area (Å²) in [5.41, 5.74) is 5.06. The number of benzene rings is 2. The molecule has 194 valence electrons. The van der Waals surface area contributed by atoms with Crippen molar-refractivity contribution in [2.75, 3.05) is 37.9 Å². The first-order valence-electron chi connectivity index (χ1n) is 12.4. The van der Waals surface area contributed by atoms with E-state index in [9.17, 15) is 4.79 Å². The van der Waals surface area contributed by atoms with Crippen molar-refractivity contribution in [3.05, 3.63) is 96.5 Å². The van der Waals surface area contributed by atoms with Crippen LogP contribution < -0.4 is 15.4 Å². The molecule has 0 aliphatic heterocycles. The zero-order valence-electron chi connectivity index (χ0n) is 21.9. The molecule has 0 atom stereocenters. The van der Waals surface area contributed by atoms with Crippen LogP contribution in [0.5, 0.6) is 5.75 Å². The van der Waals surface area contributed by atoms with Crippen molar-refractivity contribution >= 4 is 29.3 Å². The predicted octanol–water partition coefficient (Wildman–Crippen LogP) is 5.57. The Balaban J connectivity index is 1.34. The number of nitrogens with one attached hydrogen (secondary N) is 2. The van der Waals surface area contributed by atoms with Crippen LogP contribution in [0.15, 0.2) is 85.3 Å². The van der Waals surface area contributed by atoms with E-state index < -0.39 is 0 Å². The summed E-state index contributed by atoms with van der Waals surface area (Å²) in [6.07, 6.45) is 9.44. The van der Waals surface area contributed by atoms with Crippen molar-refractivity contribution < 1.29 is 9.53 Å². The molecule has 0 fully saturated rings. The molecule has 4 aromatic rings. The van der Waals surface area contributed by atoms with Crippen molar-refractivity contribution in [1.29, 1.82) is 0 Å². The summed E-state index contributed by atoms with van der Waals surface area (Å²) in [6.45, 7) is 3.64. The molecular weight excluding hydrogens is 476 g/mol. The average Bonchev–Trinajstić information content (AvgIpc) is 2.93. The van der Waals surface area contributed by atoms with Gasteiger partial charge in [-0.25, -0.2) is 9.97 Å². The van der Waals surface area contributed by atoms with Crippen molar-refractivity contribution in [3.63, 3.8) is 0 Å². The van der Waals surface area contributed by atoms with Crippen LogP contribution in [-0.4, -0.2) is 53.0 Å². The number of hydrogen-bond donors (Lipinski definition) is 2. The first-order valence-corrected chi connectivity index (χ1v) is 12.4. The van der Waals surface area contributed by atoms with Gasteiger partial charge in [-0.2, -0.15) is 0 Å². The molecule has 0 saturated heterocycles. The fourth-order valence-corrected chi connectivity index (χ4v) is 3.65. The van der Waals surface area contributed by atoms with Crippen LogP contribution in [0.25, 0.3) is 17.3 Å². The summed E-state index contributed by atoms with van der Waals surface area (Å²) in [5, 5.41) is 6.17. The molecule has 0 spiro atoms. The van der Waals surface area contributed by atoms with E-state index in [1.165, 1.54) is 6.08 Å². The van der Waals surface area contributed by atoms with Gasteiger partial charge in [-0.15, -0.1) is 0 Å². The van der Waals surface area contributed by atoms with Crippen molar-refractivity contribution in [2.45, 2.75) is 13.3 Å². The lowest BCUT2D eigenvalue weighted by Crippen LogP contribution is -2.15. The zero-order valence-corrected chi connectivity index (χ0v) is 21.9. The SMILES string of the molecule is Cc1ccc(NC(=O)/C=C/c2ccc(OCCCN(C)C)cc2)cc1Nc1nccc(-c2cccnc2)n1. The first kappa shape index (κ1) is 26.5. The molecular formula is C30H32N6O2. The molecule has 4 rings (SSSR count).